The van der Waals surface area contributed by atoms with Crippen molar-refractivity contribution in [1.29, 1.82) is 0 Å². The van der Waals surface area contributed by atoms with Crippen LogP contribution >= 0.6 is 0 Å². The third-order valence-electron chi connectivity index (χ3n) is 4.35. The zero-order chi connectivity index (χ0) is 19.7. The molecule has 0 aliphatic carbocycles. The van der Waals surface area contributed by atoms with Gasteiger partial charge >= 0.3 is 11.6 Å². The summed E-state index contributed by atoms with van der Waals surface area (Å²) in [4.78, 5) is 24.3. The molecule has 0 fully saturated rings. The Kier molecular flexibility index (Phi) is 4.45. The Labute approximate surface area is 160 Å². The molecule has 4 rings (SSSR count). The van der Waals surface area contributed by atoms with Crippen LogP contribution in [0.2, 0.25) is 0 Å². The molecule has 0 radical (unpaired) electrons. The van der Waals surface area contributed by atoms with E-state index in [1.807, 2.05) is 30.3 Å². The molecule has 0 aliphatic heterocycles. The van der Waals surface area contributed by atoms with Crippen LogP contribution in [0, 0.1) is 6.92 Å². The third kappa shape index (κ3) is 3.16. The number of benzene rings is 2. The number of hydrogen-bond donors (Lipinski definition) is 1. The van der Waals surface area contributed by atoms with E-state index in [1.54, 1.807) is 37.3 Å². The first-order chi connectivity index (χ1) is 13.6. The van der Waals surface area contributed by atoms with Gasteiger partial charge in [-0.2, -0.15) is 0 Å². The zero-order valence-corrected chi connectivity index (χ0v) is 15.3. The van der Waals surface area contributed by atoms with E-state index in [9.17, 15) is 9.59 Å². The van der Waals surface area contributed by atoms with Gasteiger partial charge in [-0.05, 0) is 36.8 Å². The van der Waals surface area contributed by atoms with Crippen molar-refractivity contribution in [2.75, 3.05) is 12.4 Å². The van der Waals surface area contributed by atoms with Gasteiger partial charge in [0.05, 0.1) is 18.2 Å². The van der Waals surface area contributed by atoms with E-state index in [0.717, 1.165) is 5.69 Å². The number of aryl methyl sites for hydroxylation is 1. The molecular formula is C22H17NO5. The van der Waals surface area contributed by atoms with Crippen LogP contribution in [-0.2, 0) is 4.74 Å². The van der Waals surface area contributed by atoms with E-state index >= 15 is 0 Å². The number of furan rings is 1. The molecule has 0 spiro atoms. The summed E-state index contributed by atoms with van der Waals surface area (Å²) in [7, 11) is 1.33. The molecule has 0 bridgehead atoms. The molecule has 0 amide bonds. The van der Waals surface area contributed by atoms with Gasteiger partial charge in [0.1, 0.15) is 16.7 Å². The first kappa shape index (κ1) is 17.6. The van der Waals surface area contributed by atoms with Gasteiger partial charge in [-0.1, -0.05) is 30.3 Å². The number of hydrogen-bond acceptors (Lipinski definition) is 6. The highest BCUT2D eigenvalue weighted by Gasteiger charge is 2.21. The Morgan fingerprint density at radius 2 is 1.71 bits per heavy atom. The smallest absolute Gasteiger partial charge is 0.347 e. The number of para-hydroxylation sites is 1. The highest BCUT2D eigenvalue weighted by Crippen LogP contribution is 2.38. The summed E-state index contributed by atoms with van der Waals surface area (Å²) >= 11 is 0. The number of ether oxygens (including phenoxy) is 1. The predicted molar refractivity (Wildman–Crippen MR) is 106 cm³/mol. The number of methoxy groups -OCH3 is 1. The van der Waals surface area contributed by atoms with Gasteiger partial charge in [0, 0.05) is 11.8 Å². The van der Waals surface area contributed by atoms with E-state index in [4.69, 9.17) is 13.6 Å². The molecule has 6 nitrogen and oxygen atoms in total. The summed E-state index contributed by atoms with van der Waals surface area (Å²) in [6.07, 6.45) is 0. The number of carbonyl (C=O) groups excluding carboxylic acids is 1. The number of esters is 1. The Morgan fingerprint density at radius 3 is 2.39 bits per heavy atom. The fourth-order valence-electron chi connectivity index (χ4n) is 3.07. The Balaban J connectivity index is 1.90. The number of carbonyl (C=O) groups is 1. The number of anilines is 2. The molecule has 0 saturated heterocycles. The second-order valence-electron chi connectivity index (χ2n) is 6.25. The second kappa shape index (κ2) is 7.08. The summed E-state index contributed by atoms with van der Waals surface area (Å²) in [6.45, 7) is 1.69. The fourth-order valence-corrected chi connectivity index (χ4v) is 3.07. The summed E-state index contributed by atoms with van der Waals surface area (Å²) in [5.41, 5.74) is 2.46. The molecule has 2 aromatic carbocycles. The molecule has 28 heavy (non-hydrogen) atoms. The highest BCUT2D eigenvalue weighted by atomic mass is 16.5. The SMILES string of the molecule is COC(=O)c1ccc(-c2c(Nc3ccccc3)oc3cc(C)oc(=O)c23)cc1. The van der Waals surface area contributed by atoms with Crippen molar-refractivity contribution < 1.29 is 18.4 Å². The Morgan fingerprint density at radius 1 is 1.00 bits per heavy atom. The Bertz CT molecular complexity index is 1200. The van der Waals surface area contributed by atoms with E-state index < -0.39 is 11.6 Å². The molecule has 0 atom stereocenters. The summed E-state index contributed by atoms with van der Waals surface area (Å²) < 4.78 is 16.0. The molecule has 4 aromatic rings. The summed E-state index contributed by atoms with van der Waals surface area (Å²) in [5, 5.41) is 3.56. The second-order valence-corrected chi connectivity index (χ2v) is 6.25. The average molecular weight is 375 g/mol. The van der Waals surface area contributed by atoms with Crippen molar-refractivity contribution in [3.63, 3.8) is 0 Å². The van der Waals surface area contributed by atoms with Crippen molar-refractivity contribution in [3.8, 4) is 11.1 Å². The molecule has 2 heterocycles. The van der Waals surface area contributed by atoms with Gasteiger partial charge in [-0.15, -0.1) is 0 Å². The maximum absolute atomic E-state index is 12.6. The maximum atomic E-state index is 12.6. The van der Waals surface area contributed by atoms with Crippen LogP contribution < -0.4 is 10.9 Å². The van der Waals surface area contributed by atoms with Gasteiger partial charge < -0.3 is 18.9 Å². The Hall–Kier alpha value is -3.80. The lowest BCUT2D eigenvalue weighted by Crippen LogP contribution is -2.02. The normalized spacial score (nSPS) is 10.8. The van der Waals surface area contributed by atoms with E-state index in [0.29, 0.717) is 39.3 Å². The van der Waals surface area contributed by atoms with Gasteiger partial charge in [0.25, 0.3) is 0 Å². The van der Waals surface area contributed by atoms with Crippen LogP contribution in [0.1, 0.15) is 16.1 Å². The van der Waals surface area contributed by atoms with Crippen LogP contribution in [0.5, 0.6) is 0 Å². The van der Waals surface area contributed by atoms with Crippen LogP contribution in [-0.4, -0.2) is 13.1 Å². The molecule has 1 N–H and O–H groups in total. The van der Waals surface area contributed by atoms with Crippen LogP contribution in [0.4, 0.5) is 11.6 Å². The first-order valence-corrected chi connectivity index (χ1v) is 8.65. The molecule has 2 aromatic heterocycles. The van der Waals surface area contributed by atoms with Gasteiger partial charge in [0.2, 0.25) is 5.88 Å². The molecule has 0 saturated carbocycles. The van der Waals surface area contributed by atoms with Gasteiger partial charge in [-0.3, -0.25) is 0 Å². The summed E-state index contributed by atoms with van der Waals surface area (Å²) in [6, 6.07) is 17.9. The first-order valence-electron chi connectivity index (χ1n) is 8.65. The highest BCUT2D eigenvalue weighted by molar-refractivity contribution is 6.01. The molecule has 0 aliphatic rings. The van der Waals surface area contributed by atoms with Crippen LogP contribution in [0.15, 0.2) is 74.3 Å². The predicted octanol–water partition coefficient (Wildman–Crippen LogP) is 4.89. The monoisotopic (exact) mass is 375 g/mol. The zero-order valence-electron chi connectivity index (χ0n) is 15.3. The van der Waals surface area contributed by atoms with E-state index in [1.165, 1.54) is 7.11 Å². The minimum atomic E-state index is -0.480. The molecule has 140 valence electrons. The van der Waals surface area contributed by atoms with Gasteiger partial charge in [-0.25, -0.2) is 9.59 Å². The third-order valence-corrected chi connectivity index (χ3v) is 4.35. The number of nitrogens with one attached hydrogen (secondary N) is 1. The topological polar surface area (TPSA) is 81.7 Å². The maximum Gasteiger partial charge on any atom is 0.347 e. The standard InChI is InChI=1S/C22H17NO5/c1-13-12-17-19(22(25)27-13)18(14-8-10-15(11-9-14)21(24)26-2)20(28-17)23-16-6-4-3-5-7-16/h3-12,23H,1-2H3. The lowest BCUT2D eigenvalue weighted by Gasteiger charge is -2.07. The van der Waals surface area contributed by atoms with E-state index in [2.05, 4.69) is 5.32 Å². The minimum Gasteiger partial charge on any atom is -0.465 e. The van der Waals surface area contributed by atoms with Crippen molar-refractivity contribution >= 4 is 28.5 Å². The number of fused-ring (bicyclic) bond motifs is 1. The van der Waals surface area contributed by atoms with Crippen molar-refractivity contribution in [1.82, 2.24) is 0 Å². The van der Waals surface area contributed by atoms with Crippen LogP contribution in [0.3, 0.4) is 0 Å². The lowest BCUT2D eigenvalue weighted by atomic mass is 10.0. The summed E-state index contributed by atoms with van der Waals surface area (Å²) in [5.74, 6) is 0.455. The number of rotatable bonds is 4. The van der Waals surface area contributed by atoms with Crippen molar-refractivity contribution in [3.05, 3.63) is 82.4 Å². The molecule has 6 heteroatoms. The van der Waals surface area contributed by atoms with Crippen LogP contribution in [0.25, 0.3) is 22.1 Å². The van der Waals surface area contributed by atoms with Gasteiger partial charge in [0.15, 0.2) is 0 Å². The average Bonchev–Trinajstić information content (AvgIpc) is 3.06. The largest absolute Gasteiger partial charge is 0.465 e. The minimum absolute atomic E-state index is 0.342. The molecule has 0 unspecified atom stereocenters. The quantitative estimate of drug-likeness (QED) is 0.511. The fraction of sp³-hybridized carbons (Fsp3) is 0.0909. The molecular weight excluding hydrogens is 358 g/mol. The van der Waals surface area contributed by atoms with Crippen molar-refractivity contribution in [2.45, 2.75) is 6.92 Å². The van der Waals surface area contributed by atoms with Crippen molar-refractivity contribution in [2.24, 2.45) is 0 Å². The lowest BCUT2D eigenvalue weighted by molar-refractivity contribution is 0.0601. The van der Waals surface area contributed by atoms with E-state index in [-0.39, 0.29) is 0 Å².